The number of hydrogen-bond donors (Lipinski definition) is 3. The van der Waals surface area contributed by atoms with Gasteiger partial charge in [0.15, 0.2) is 0 Å². The van der Waals surface area contributed by atoms with Crippen molar-refractivity contribution in [3.8, 4) is 0 Å². The number of carbonyl (C=O) groups excluding carboxylic acids is 2. The van der Waals surface area contributed by atoms with Gasteiger partial charge in [-0.3, -0.25) is 0 Å². The molecule has 8 atom stereocenters. The van der Waals surface area contributed by atoms with E-state index < -0.39 is 46.7 Å². The standard InChI is InChI=1S/C29H40O9/c1-18-9-11-28(16-35-26(34)14-19(2)10-12-30)23(13-18)37-24-15-22(27(28,4)29(24)17-36-29)38-25(33)8-6-5-7-21(32)20(3)31/h5-8,13-14,20-24,30-32H,9-12,15-17H2,1-4H3/b7-5+,8-6-,19-14+/t20-,21+,22-,23-,24-,27+,28-,29-/m1/s1. The van der Waals surface area contributed by atoms with Gasteiger partial charge >= 0.3 is 11.9 Å². The molecule has 1 saturated carbocycles. The second kappa shape index (κ2) is 11.1. The van der Waals surface area contributed by atoms with Gasteiger partial charge < -0.3 is 34.3 Å². The summed E-state index contributed by atoms with van der Waals surface area (Å²) in [6.45, 7) is 7.90. The van der Waals surface area contributed by atoms with Crippen molar-refractivity contribution in [2.24, 2.45) is 10.8 Å². The number of allylic oxidation sites excluding steroid dienone is 3. The van der Waals surface area contributed by atoms with Gasteiger partial charge in [0.1, 0.15) is 18.3 Å². The van der Waals surface area contributed by atoms with E-state index in [2.05, 4.69) is 19.9 Å². The Morgan fingerprint density at radius 2 is 2.00 bits per heavy atom. The van der Waals surface area contributed by atoms with Crippen molar-refractivity contribution in [3.05, 3.63) is 47.6 Å². The molecule has 38 heavy (non-hydrogen) atoms. The molecule has 0 unspecified atom stereocenters. The largest absolute Gasteiger partial charge is 0.462 e. The number of aliphatic hydroxyl groups is 3. The van der Waals surface area contributed by atoms with E-state index >= 15 is 0 Å². The average Bonchev–Trinajstić information content (AvgIpc) is 3.63. The summed E-state index contributed by atoms with van der Waals surface area (Å²) < 4.78 is 24.6. The van der Waals surface area contributed by atoms with Gasteiger partial charge in [0, 0.05) is 30.6 Å². The highest BCUT2D eigenvalue weighted by molar-refractivity contribution is 5.83. The lowest BCUT2D eigenvalue weighted by Crippen LogP contribution is -2.66. The fourth-order valence-electron chi connectivity index (χ4n) is 6.48. The Morgan fingerprint density at radius 3 is 2.66 bits per heavy atom. The Bertz CT molecular complexity index is 1040. The van der Waals surface area contributed by atoms with E-state index in [4.69, 9.17) is 24.1 Å². The zero-order chi connectivity index (χ0) is 27.7. The molecule has 9 heteroatoms. The molecule has 3 N–H and O–H groups in total. The maximum Gasteiger partial charge on any atom is 0.331 e. The second-order valence-electron chi connectivity index (χ2n) is 11.3. The van der Waals surface area contributed by atoms with Crippen molar-refractivity contribution in [1.82, 2.24) is 0 Å². The van der Waals surface area contributed by atoms with Crippen molar-refractivity contribution in [2.45, 2.75) is 89.5 Å². The summed E-state index contributed by atoms with van der Waals surface area (Å²) in [6.07, 6.45) is 8.43. The number of aliphatic hydroxyl groups excluding tert-OH is 3. The van der Waals surface area contributed by atoms with Crippen LogP contribution in [0.2, 0.25) is 0 Å². The van der Waals surface area contributed by atoms with Crippen LogP contribution in [0.1, 0.15) is 53.4 Å². The van der Waals surface area contributed by atoms with Gasteiger partial charge in [-0.15, -0.1) is 0 Å². The zero-order valence-corrected chi connectivity index (χ0v) is 22.6. The number of rotatable bonds is 10. The minimum Gasteiger partial charge on any atom is -0.462 e. The van der Waals surface area contributed by atoms with Crippen LogP contribution in [0.5, 0.6) is 0 Å². The summed E-state index contributed by atoms with van der Waals surface area (Å²) in [7, 11) is 0. The molecule has 9 nitrogen and oxygen atoms in total. The molecule has 0 aromatic rings. The fourth-order valence-corrected chi connectivity index (χ4v) is 6.48. The summed E-state index contributed by atoms with van der Waals surface area (Å²) in [5.74, 6) is -1.02. The first kappa shape index (κ1) is 28.7. The predicted molar refractivity (Wildman–Crippen MR) is 138 cm³/mol. The number of esters is 2. The summed E-state index contributed by atoms with van der Waals surface area (Å²) in [4.78, 5) is 25.5. The normalized spacial score (nSPS) is 37.7. The highest BCUT2D eigenvalue weighted by atomic mass is 16.6. The number of fused-ring (bicyclic) bond motifs is 2. The summed E-state index contributed by atoms with van der Waals surface area (Å²) in [5.41, 5.74) is -0.0208. The lowest BCUT2D eigenvalue weighted by atomic mass is 9.51. The molecule has 2 aliphatic carbocycles. The van der Waals surface area contributed by atoms with E-state index in [1.54, 1.807) is 6.92 Å². The fraction of sp³-hybridized carbons (Fsp3) is 0.655. The molecule has 2 heterocycles. The van der Waals surface area contributed by atoms with Gasteiger partial charge in [0.25, 0.3) is 0 Å². The number of epoxide rings is 1. The average molecular weight is 533 g/mol. The molecule has 210 valence electrons. The van der Waals surface area contributed by atoms with Crippen LogP contribution in [0.4, 0.5) is 0 Å². The number of carbonyl (C=O) groups is 2. The Balaban J connectivity index is 1.58. The van der Waals surface area contributed by atoms with Gasteiger partial charge in [0.2, 0.25) is 0 Å². The quantitative estimate of drug-likeness (QED) is 0.127. The van der Waals surface area contributed by atoms with Crippen molar-refractivity contribution in [3.63, 3.8) is 0 Å². The topological polar surface area (TPSA) is 135 Å². The molecule has 0 aromatic carbocycles. The Labute approximate surface area is 223 Å². The lowest BCUT2D eigenvalue weighted by Gasteiger charge is -2.58. The molecule has 0 amide bonds. The molecule has 4 aliphatic rings. The molecule has 1 spiro atoms. The molecule has 4 rings (SSSR count). The van der Waals surface area contributed by atoms with E-state index in [0.29, 0.717) is 25.9 Å². The SMILES string of the molecule is CC1=C[C@H]2O[C@@H]3C[C@@H](OC(=O)/C=C\C=C\[C@H](O)[C@@H](C)O)[C@@](C)([C@@]2(COC(=O)/C=C(\C)CCO)CC1)[C@@]31CO1. The van der Waals surface area contributed by atoms with E-state index in [1.165, 1.54) is 42.9 Å². The van der Waals surface area contributed by atoms with Gasteiger partial charge in [-0.2, -0.15) is 0 Å². The van der Waals surface area contributed by atoms with E-state index in [-0.39, 0.29) is 25.4 Å². The van der Waals surface area contributed by atoms with Gasteiger partial charge in [0.05, 0.1) is 36.4 Å². The lowest BCUT2D eigenvalue weighted by molar-refractivity contribution is -0.232. The Hall–Kier alpha value is -2.30. The minimum absolute atomic E-state index is 0.0444. The third-order valence-electron chi connectivity index (χ3n) is 8.96. The van der Waals surface area contributed by atoms with Gasteiger partial charge in [-0.25, -0.2) is 9.59 Å². The van der Waals surface area contributed by atoms with Crippen molar-refractivity contribution in [1.29, 1.82) is 0 Å². The summed E-state index contributed by atoms with van der Waals surface area (Å²) in [6, 6.07) is 0. The van der Waals surface area contributed by atoms with Crippen molar-refractivity contribution >= 4 is 11.9 Å². The predicted octanol–water partition coefficient (Wildman–Crippen LogP) is 2.30. The van der Waals surface area contributed by atoms with E-state index in [1.807, 2.05) is 0 Å². The van der Waals surface area contributed by atoms with Crippen LogP contribution >= 0.6 is 0 Å². The number of hydrogen-bond acceptors (Lipinski definition) is 9. The van der Waals surface area contributed by atoms with Gasteiger partial charge in [-0.05, 0) is 40.0 Å². The zero-order valence-electron chi connectivity index (χ0n) is 22.6. The van der Waals surface area contributed by atoms with Crippen LogP contribution in [-0.2, 0) is 28.5 Å². The van der Waals surface area contributed by atoms with E-state index in [0.717, 1.165) is 12.0 Å². The van der Waals surface area contributed by atoms with Crippen LogP contribution < -0.4 is 0 Å². The molecular weight excluding hydrogens is 492 g/mol. The highest BCUT2D eigenvalue weighted by Gasteiger charge is 2.83. The Morgan fingerprint density at radius 1 is 1.26 bits per heavy atom. The second-order valence-corrected chi connectivity index (χ2v) is 11.3. The molecule has 0 aromatic heterocycles. The molecule has 2 saturated heterocycles. The monoisotopic (exact) mass is 532 g/mol. The Kier molecular flexibility index (Phi) is 8.35. The number of ether oxygens (including phenoxy) is 4. The van der Waals surface area contributed by atoms with Gasteiger partial charge in [-0.1, -0.05) is 42.4 Å². The molecule has 2 aliphatic heterocycles. The smallest absolute Gasteiger partial charge is 0.331 e. The third kappa shape index (κ3) is 5.02. The summed E-state index contributed by atoms with van der Waals surface area (Å²) in [5, 5.41) is 28.2. The van der Waals surface area contributed by atoms with Crippen molar-refractivity contribution < 1.29 is 43.9 Å². The van der Waals surface area contributed by atoms with Crippen LogP contribution in [0.25, 0.3) is 0 Å². The van der Waals surface area contributed by atoms with E-state index in [9.17, 15) is 19.8 Å². The molecule has 3 fully saturated rings. The van der Waals surface area contributed by atoms with Crippen LogP contribution in [0.3, 0.4) is 0 Å². The maximum atomic E-state index is 12.8. The van der Waals surface area contributed by atoms with Crippen LogP contribution in [0, 0.1) is 10.8 Å². The molecule has 2 bridgehead atoms. The first-order valence-electron chi connectivity index (χ1n) is 13.3. The summed E-state index contributed by atoms with van der Waals surface area (Å²) >= 11 is 0. The maximum absolute atomic E-state index is 12.8. The van der Waals surface area contributed by atoms with Crippen molar-refractivity contribution in [2.75, 3.05) is 19.8 Å². The third-order valence-corrected chi connectivity index (χ3v) is 8.96. The highest BCUT2D eigenvalue weighted by Crippen LogP contribution is 2.72. The van der Waals surface area contributed by atoms with Crippen LogP contribution in [0.15, 0.2) is 47.6 Å². The molecular formula is C29H40O9. The van der Waals surface area contributed by atoms with Crippen LogP contribution in [-0.4, -0.2) is 83.2 Å². The first-order chi connectivity index (χ1) is 18.0. The first-order valence-corrected chi connectivity index (χ1v) is 13.3. The molecule has 0 radical (unpaired) electrons. The minimum atomic E-state index is -1.03.